The summed E-state index contributed by atoms with van der Waals surface area (Å²) in [5, 5.41) is 12.8. The molecule has 0 unspecified atom stereocenters. The van der Waals surface area contributed by atoms with Crippen LogP contribution in [0.15, 0.2) is 24.3 Å². The number of amides is 1. The first-order chi connectivity index (χ1) is 14.5. The fourth-order valence-electron chi connectivity index (χ4n) is 4.38. The van der Waals surface area contributed by atoms with Crippen LogP contribution in [-0.2, 0) is 4.79 Å². The number of nitriles is 1. The van der Waals surface area contributed by atoms with Crippen LogP contribution >= 0.6 is 0 Å². The Bertz CT molecular complexity index is 896. The average molecular weight is 408 g/mol. The Labute approximate surface area is 179 Å². The van der Waals surface area contributed by atoms with E-state index in [1.807, 2.05) is 24.3 Å². The normalized spacial score (nSPS) is 20.0. The highest BCUT2D eigenvalue weighted by atomic mass is 16.1. The van der Waals surface area contributed by atoms with E-state index >= 15 is 0 Å². The lowest BCUT2D eigenvalue weighted by molar-refractivity contribution is -0.121. The molecular weight excluding hydrogens is 374 g/mol. The lowest BCUT2D eigenvalue weighted by Crippen LogP contribution is -2.40. The predicted octanol–water partition coefficient (Wildman–Crippen LogP) is 4.42. The van der Waals surface area contributed by atoms with E-state index in [-0.39, 0.29) is 5.91 Å². The van der Waals surface area contributed by atoms with Crippen molar-refractivity contribution >= 4 is 22.8 Å². The van der Waals surface area contributed by atoms with Gasteiger partial charge in [0.1, 0.15) is 5.69 Å². The molecule has 3 atom stereocenters. The summed E-state index contributed by atoms with van der Waals surface area (Å²) in [4.78, 5) is 24.7. The molecule has 0 saturated carbocycles. The molecule has 0 bridgehead atoms. The predicted molar refractivity (Wildman–Crippen MR) is 120 cm³/mol. The molecule has 1 aromatic heterocycles. The van der Waals surface area contributed by atoms with Crippen LogP contribution in [0.1, 0.15) is 64.5 Å². The highest BCUT2D eigenvalue weighted by Gasteiger charge is 2.31. The van der Waals surface area contributed by atoms with E-state index in [4.69, 9.17) is 9.97 Å². The largest absolute Gasteiger partial charge is 0.355 e. The molecule has 160 valence electrons. The van der Waals surface area contributed by atoms with Gasteiger partial charge >= 0.3 is 0 Å². The molecule has 0 spiro atoms. The van der Waals surface area contributed by atoms with E-state index in [2.05, 4.69) is 37.1 Å². The summed E-state index contributed by atoms with van der Waals surface area (Å²) >= 11 is 0. The van der Waals surface area contributed by atoms with E-state index in [1.54, 1.807) is 0 Å². The molecule has 1 aliphatic rings. The zero-order chi connectivity index (χ0) is 21.5. The minimum Gasteiger partial charge on any atom is -0.355 e. The number of benzene rings is 1. The number of para-hydroxylation sites is 2. The van der Waals surface area contributed by atoms with Crippen LogP contribution in [0.2, 0.25) is 0 Å². The van der Waals surface area contributed by atoms with Gasteiger partial charge in [0, 0.05) is 19.6 Å². The number of aromatic nitrogens is 2. The molecule has 1 fully saturated rings. The molecule has 0 aliphatic carbocycles. The average Bonchev–Trinajstić information content (AvgIpc) is 2.73. The molecule has 6 nitrogen and oxygen atoms in total. The van der Waals surface area contributed by atoms with Crippen LogP contribution in [-0.4, -0.2) is 35.5 Å². The molecule has 1 aliphatic heterocycles. The van der Waals surface area contributed by atoms with E-state index in [1.165, 1.54) is 6.42 Å². The highest BCUT2D eigenvalue weighted by molar-refractivity contribution is 5.88. The zero-order valence-electron chi connectivity index (χ0n) is 18.4. The fraction of sp³-hybridized carbons (Fsp3) is 0.583. The molecule has 1 aromatic carbocycles. The first-order valence-electron chi connectivity index (χ1n) is 11.2. The standard InChI is InChI=1S/C24H33N5O/c1-4-5-6-9-12-26-24(30)19(14-25)22-23(29-15-17(2)13-18(3)16-29)28-21-11-8-7-10-20(21)27-22/h7-8,10-11,17-19H,4-6,9,12-13,15-16H2,1-3H3,(H,26,30)/t17-,18-,19+/m0/s1. The maximum atomic E-state index is 12.9. The Kier molecular flexibility index (Phi) is 7.62. The number of hydrogen-bond donors (Lipinski definition) is 1. The van der Waals surface area contributed by atoms with Gasteiger partial charge in [0.2, 0.25) is 5.91 Å². The summed E-state index contributed by atoms with van der Waals surface area (Å²) in [6.07, 6.45) is 5.49. The van der Waals surface area contributed by atoms with Crippen molar-refractivity contribution in [3.05, 3.63) is 30.0 Å². The summed E-state index contributed by atoms with van der Waals surface area (Å²) in [6.45, 7) is 8.95. The number of carbonyl (C=O) groups is 1. The van der Waals surface area contributed by atoms with E-state index < -0.39 is 5.92 Å². The first kappa shape index (κ1) is 22.0. The maximum absolute atomic E-state index is 12.9. The van der Waals surface area contributed by atoms with Crippen molar-refractivity contribution in [1.29, 1.82) is 5.26 Å². The van der Waals surface area contributed by atoms with Gasteiger partial charge in [0.25, 0.3) is 0 Å². The van der Waals surface area contributed by atoms with Gasteiger partial charge in [-0.3, -0.25) is 4.79 Å². The second-order valence-electron chi connectivity index (χ2n) is 8.69. The monoisotopic (exact) mass is 407 g/mol. The number of hydrogen-bond acceptors (Lipinski definition) is 5. The third-order valence-electron chi connectivity index (χ3n) is 5.74. The second-order valence-corrected chi connectivity index (χ2v) is 8.69. The quantitative estimate of drug-likeness (QED) is 0.655. The number of nitrogens with zero attached hydrogens (tertiary/aromatic N) is 4. The molecule has 1 amide bonds. The van der Waals surface area contributed by atoms with Crippen LogP contribution in [0.4, 0.5) is 5.82 Å². The summed E-state index contributed by atoms with van der Waals surface area (Å²) in [7, 11) is 0. The molecule has 0 radical (unpaired) electrons. The van der Waals surface area contributed by atoms with Gasteiger partial charge in [-0.15, -0.1) is 0 Å². The van der Waals surface area contributed by atoms with E-state index in [0.717, 1.165) is 44.3 Å². The molecule has 1 saturated heterocycles. The minimum absolute atomic E-state index is 0.280. The van der Waals surface area contributed by atoms with Gasteiger partial charge in [0.15, 0.2) is 11.7 Å². The minimum atomic E-state index is -0.962. The molecule has 2 aromatic rings. The summed E-state index contributed by atoms with van der Waals surface area (Å²) in [5.74, 6) is 0.499. The third-order valence-corrected chi connectivity index (χ3v) is 5.74. The first-order valence-corrected chi connectivity index (χ1v) is 11.2. The van der Waals surface area contributed by atoms with Crippen LogP contribution in [0.3, 0.4) is 0 Å². The maximum Gasteiger partial charge on any atom is 0.243 e. The van der Waals surface area contributed by atoms with Crippen LogP contribution in [0.25, 0.3) is 11.0 Å². The SMILES string of the molecule is CCCCCCNC(=O)[C@H](C#N)c1nc2ccccc2nc1N1C[C@@H](C)C[C@H](C)C1. The summed E-state index contributed by atoms with van der Waals surface area (Å²) in [5.41, 5.74) is 1.98. The summed E-state index contributed by atoms with van der Waals surface area (Å²) < 4.78 is 0. The van der Waals surface area contributed by atoms with Crippen LogP contribution in [0.5, 0.6) is 0 Å². The van der Waals surface area contributed by atoms with Gasteiger partial charge in [0.05, 0.1) is 17.1 Å². The van der Waals surface area contributed by atoms with Crippen molar-refractivity contribution in [1.82, 2.24) is 15.3 Å². The smallest absolute Gasteiger partial charge is 0.243 e. The van der Waals surface area contributed by atoms with E-state index in [0.29, 0.717) is 35.4 Å². The fourth-order valence-corrected chi connectivity index (χ4v) is 4.38. The van der Waals surface area contributed by atoms with Crippen molar-refractivity contribution in [3.8, 4) is 6.07 Å². The Hall–Kier alpha value is -2.68. The van der Waals surface area contributed by atoms with Gasteiger partial charge in [-0.05, 0) is 36.8 Å². The van der Waals surface area contributed by atoms with Gasteiger partial charge < -0.3 is 10.2 Å². The lowest BCUT2D eigenvalue weighted by Gasteiger charge is -2.36. The molecule has 1 N–H and O–H groups in total. The van der Waals surface area contributed by atoms with Gasteiger partial charge in [-0.1, -0.05) is 52.2 Å². The van der Waals surface area contributed by atoms with Gasteiger partial charge in [-0.2, -0.15) is 5.26 Å². The Morgan fingerprint density at radius 2 is 1.83 bits per heavy atom. The van der Waals surface area contributed by atoms with Crippen molar-refractivity contribution in [3.63, 3.8) is 0 Å². The number of fused-ring (bicyclic) bond motifs is 1. The Morgan fingerprint density at radius 3 is 2.47 bits per heavy atom. The topological polar surface area (TPSA) is 81.9 Å². The number of unbranched alkanes of at least 4 members (excludes halogenated alkanes) is 3. The molecule has 2 heterocycles. The summed E-state index contributed by atoms with van der Waals surface area (Å²) in [6, 6.07) is 9.85. The van der Waals surface area contributed by atoms with Crippen molar-refractivity contribution in [2.75, 3.05) is 24.5 Å². The lowest BCUT2D eigenvalue weighted by atomic mass is 9.91. The van der Waals surface area contributed by atoms with Crippen LogP contribution < -0.4 is 10.2 Å². The molecular formula is C24H33N5O. The number of piperidine rings is 1. The third kappa shape index (κ3) is 5.27. The molecule has 6 heteroatoms. The number of carbonyl (C=O) groups excluding carboxylic acids is 1. The van der Waals surface area contributed by atoms with Crippen LogP contribution in [0, 0.1) is 23.2 Å². The highest BCUT2D eigenvalue weighted by Crippen LogP contribution is 2.31. The number of anilines is 1. The van der Waals surface area contributed by atoms with Crippen molar-refractivity contribution < 1.29 is 4.79 Å². The number of rotatable bonds is 8. The van der Waals surface area contributed by atoms with Gasteiger partial charge in [-0.25, -0.2) is 9.97 Å². The van der Waals surface area contributed by atoms with Crippen molar-refractivity contribution in [2.24, 2.45) is 11.8 Å². The van der Waals surface area contributed by atoms with Crippen molar-refractivity contribution in [2.45, 2.75) is 58.8 Å². The zero-order valence-corrected chi connectivity index (χ0v) is 18.4. The Balaban J connectivity index is 1.91. The number of nitrogens with one attached hydrogen (secondary N) is 1. The van der Waals surface area contributed by atoms with E-state index in [9.17, 15) is 10.1 Å². The second kappa shape index (κ2) is 10.4. The molecule has 3 rings (SSSR count). The molecule has 30 heavy (non-hydrogen) atoms. The Morgan fingerprint density at radius 1 is 1.17 bits per heavy atom.